The van der Waals surface area contributed by atoms with E-state index in [1.807, 2.05) is 41.8 Å². The number of hydrogen-bond donors (Lipinski definition) is 2. The highest BCUT2D eigenvalue weighted by molar-refractivity contribution is 8.00. The van der Waals surface area contributed by atoms with E-state index in [4.69, 9.17) is 10.7 Å². The van der Waals surface area contributed by atoms with Crippen molar-refractivity contribution in [3.8, 4) is 0 Å². The third-order valence-corrected chi connectivity index (χ3v) is 7.72. The van der Waals surface area contributed by atoms with Gasteiger partial charge in [-0.15, -0.1) is 16.7 Å². The number of amides is 1. The Bertz CT molecular complexity index is 759. The lowest BCUT2D eigenvalue weighted by molar-refractivity contribution is -0.121. The zero-order valence-corrected chi connectivity index (χ0v) is 18.3. The SMILES string of the molecule is CCNC(=O)C[C@@H]1N=C(c2ccccc2)C2C(C)C(C)SC2N(C(C)N=O)C1N. The monoisotopic (exact) mass is 417 g/mol. The molecule has 7 atom stereocenters. The summed E-state index contributed by atoms with van der Waals surface area (Å²) in [4.78, 5) is 31.0. The lowest BCUT2D eigenvalue weighted by atomic mass is 9.84. The second-order valence-corrected chi connectivity index (χ2v) is 9.40. The molecule has 29 heavy (non-hydrogen) atoms. The van der Waals surface area contributed by atoms with E-state index < -0.39 is 18.4 Å². The van der Waals surface area contributed by atoms with Crippen molar-refractivity contribution in [1.29, 1.82) is 0 Å². The Hall–Kier alpha value is -1.77. The van der Waals surface area contributed by atoms with Crippen molar-refractivity contribution in [2.24, 2.45) is 27.7 Å². The first-order chi connectivity index (χ1) is 13.9. The van der Waals surface area contributed by atoms with Gasteiger partial charge in [0, 0.05) is 23.4 Å². The summed E-state index contributed by atoms with van der Waals surface area (Å²) in [5, 5.41) is 6.52. The van der Waals surface area contributed by atoms with Crippen LogP contribution in [-0.2, 0) is 4.79 Å². The number of fused-ring (bicyclic) bond motifs is 1. The van der Waals surface area contributed by atoms with Crippen LogP contribution >= 0.6 is 11.8 Å². The minimum Gasteiger partial charge on any atom is -0.356 e. The van der Waals surface area contributed by atoms with Gasteiger partial charge in [-0.1, -0.05) is 49.4 Å². The molecule has 2 heterocycles. The number of thioether (sulfide) groups is 1. The normalized spacial score (nSPS) is 33.3. The molecule has 3 rings (SSSR count). The van der Waals surface area contributed by atoms with Crippen LogP contribution in [-0.4, -0.2) is 52.1 Å². The second kappa shape index (κ2) is 9.36. The van der Waals surface area contributed by atoms with Crippen molar-refractivity contribution >= 4 is 23.4 Å². The smallest absolute Gasteiger partial charge is 0.222 e. The highest BCUT2D eigenvalue weighted by atomic mass is 32.2. The van der Waals surface area contributed by atoms with E-state index >= 15 is 0 Å². The number of nitrogens with zero attached hydrogens (tertiary/aromatic N) is 3. The molecule has 0 radical (unpaired) electrons. The van der Waals surface area contributed by atoms with E-state index in [2.05, 4.69) is 36.5 Å². The molecule has 0 saturated carbocycles. The molecule has 158 valence electrons. The second-order valence-electron chi connectivity index (χ2n) is 7.90. The molecular weight excluding hydrogens is 386 g/mol. The van der Waals surface area contributed by atoms with Gasteiger partial charge in [0.25, 0.3) is 0 Å². The van der Waals surface area contributed by atoms with E-state index in [9.17, 15) is 9.70 Å². The summed E-state index contributed by atoms with van der Waals surface area (Å²) < 4.78 is 0. The van der Waals surface area contributed by atoms with Gasteiger partial charge in [0.1, 0.15) is 6.17 Å². The van der Waals surface area contributed by atoms with Gasteiger partial charge in [0.15, 0.2) is 0 Å². The van der Waals surface area contributed by atoms with Gasteiger partial charge < -0.3 is 11.1 Å². The highest BCUT2D eigenvalue weighted by Gasteiger charge is 2.51. The zero-order chi connectivity index (χ0) is 21.1. The van der Waals surface area contributed by atoms with Crippen LogP contribution in [0.1, 0.15) is 39.7 Å². The summed E-state index contributed by atoms with van der Waals surface area (Å²) in [6, 6.07) is 9.65. The Morgan fingerprint density at radius 1 is 1.34 bits per heavy atom. The standard InChI is InChI=1S/C21H31N5O2S/c1-5-23-17(27)11-16-20(22)26(14(4)25-28)21-18(12(2)13(3)29-21)19(24-16)15-9-7-6-8-10-15/h6-10,12-14,16,18,20-21H,5,11,22H2,1-4H3,(H,23,27)/t12?,13?,14?,16-,18?,20?,21?/m0/s1. The molecule has 1 aromatic rings. The Morgan fingerprint density at radius 2 is 2.03 bits per heavy atom. The van der Waals surface area contributed by atoms with Crippen LogP contribution < -0.4 is 11.1 Å². The third kappa shape index (κ3) is 4.39. The Balaban J connectivity index is 2.11. The van der Waals surface area contributed by atoms with Gasteiger partial charge in [0.05, 0.1) is 24.0 Å². The fraction of sp³-hybridized carbons (Fsp3) is 0.619. The number of hydrogen-bond acceptors (Lipinski definition) is 7. The Morgan fingerprint density at radius 3 is 2.66 bits per heavy atom. The molecule has 0 aliphatic carbocycles. The zero-order valence-electron chi connectivity index (χ0n) is 17.5. The van der Waals surface area contributed by atoms with E-state index in [0.29, 0.717) is 17.7 Å². The predicted molar refractivity (Wildman–Crippen MR) is 119 cm³/mol. The largest absolute Gasteiger partial charge is 0.356 e. The molecule has 1 fully saturated rings. The van der Waals surface area contributed by atoms with E-state index in [-0.39, 0.29) is 23.6 Å². The molecule has 1 amide bonds. The lowest BCUT2D eigenvalue weighted by Crippen LogP contribution is -2.56. The van der Waals surface area contributed by atoms with Gasteiger partial charge in [-0.25, -0.2) is 4.90 Å². The highest BCUT2D eigenvalue weighted by Crippen LogP contribution is 2.48. The molecule has 1 saturated heterocycles. The maximum atomic E-state index is 12.4. The number of nitrogens with two attached hydrogens (primary N) is 1. The molecule has 1 aromatic carbocycles. The van der Waals surface area contributed by atoms with Crippen LogP contribution in [0.3, 0.4) is 0 Å². The van der Waals surface area contributed by atoms with Gasteiger partial charge in [-0.05, 0) is 25.3 Å². The quantitative estimate of drug-likeness (QED) is 0.693. The van der Waals surface area contributed by atoms with E-state index in [1.54, 1.807) is 6.92 Å². The summed E-state index contributed by atoms with van der Waals surface area (Å²) in [6.07, 6.45) is -0.977. The number of carbonyl (C=O) groups is 1. The molecule has 2 aliphatic rings. The molecule has 3 N–H and O–H groups in total. The first-order valence-corrected chi connectivity index (χ1v) is 11.2. The Labute approximate surface area is 176 Å². The average Bonchev–Trinajstić information content (AvgIpc) is 2.93. The summed E-state index contributed by atoms with van der Waals surface area (Å²) in [7, 11) is 0. The molecule has 6 unspecified atom stereocenters. The van der Waals surface area contributed by atoms with E-state index in [0.717, 1.165) is 11.3 Å². The summed E-state index contributed by atoms with van der Waals surface area (Å²) in [5.41, 5.74) is 8.68. The molecule has 0 spiro atoms. The van der Waals surface area contributed by atoms with Crippen LogP contribution in [0.2, 0.25) is 0 Å². The van der Waals surface area contributed by atoms with Gasteiger partial charge in [0.2, 0.25) is 5.91 Å². The summed E-state index contributed by atoms with van der Waals surface area (Å²) >= 11 is 1.82. The number of benzene rings is 1. The number of nitroso groups, excluding NO2 is 1. The van der Waals surface area contributed by atoms with Crippen molar-refractivity contribution in [3.63, 3.8) is 0 Å². The maximum Gasteiger partial charge on any atom is 0.222 e. The number of nitrogens with one attached hydrogen (secondary N) is 1. The topological polar surface area (TPSA) is 100 Å². The molecule has 0 aromatic heterocycles. The van der Waals surface area contributed by atoms with Crippen LogP contribution in [0, 0.1) is 16.7 Å². The van der Waals surface area contributed by atoms with Crippen molar-refractivity contribution < 1.29 is 4.79 Å². The van der Waals surface area contributed by atoms with Crippen LogP contribution in [0.5, 0.6) is 0 Å². The molecule has 0 bridgehead atoms. The fourth-order valence-electron chi connectivity index (χ4n) is 4.35. The van der Waals surface area contributed by atoms with E-state index in [1.165, 1.54) is 0 Å². The molecule has 8 heteroatoms. The minimum absolute atomic E-state index is 0.0131. The lowest BCUT2D eigenvalue weighted by Gasteiger charge is -2.37. The molecule has 7 nitrogen and oxygen atoms in total. The third-order valence-electron chi connectivity index (χ3n) is 6.04. The van der Waals surface area contributed by atoms with Gasteiger partial charge in [-0.3, -0.25) is 9.79 Å². The summed E-state index contributed by atoms with van der Waals surface area (Å²) in [6.45, 7) is 8.66. The number of carbonyl (C=O) groups excluding carboxylic acids is 1. The van der Waals surface area contributed by atoms with Gasteiger partial charge in [-0.2, -0.15) is 0 Å². The molecule has 2 aliphatic heterocycles. The van der Waals surface area contributed by atoms with Crippen molar-refractivity contribution in [1.82, 2.24) is 10.2 Å². The first-order valence-electron chi connectivity index (χ1n) is 10.3. The van der Waals surface area contributed by atoms with Crippen LogP contribution in [0.15, 0.2) is 40.5 Å². The van der Waals surface area contributed by atoms with Crippen LogP contribution in [0.25, 0.3) is 0 Å². The van der Waals surface area contributed by atoms with Crippen molar-refractivity contribution in [3.05, 3.63) is 40.8 Å². The van der Waals surface area contributed by atoms with Crippen molar-refractivity contribution in [2.75, 3.05) is 6.54 Å². The number of rotatable bonds is 6. The maximum absolute atomic E-state index is 12.4. The van der Waals surface area contributed by atoms with Gasteiger partial charge >= 0.3 is 0 Å². The fourth-order valence-corrected chi connectivity index (χ4v) is 6.21. The van der Waals surface area contributed by atoms with Crippen LogP contribution in [0.4, 0.5) is 0 Å². The van der Waals surface area contributed by atoms with Crippen molar-refractivity contribution in [2.45, 2.75) is 63.1 Å². The first kappa shape index (κ1) is 21.9. The number of aliphatic imine (C=N–C) groups is 1. The predicted octanol–water partition coefficient (Wildman–Crippen LogP) is 2.80. The average molecular weight is 418 g/mol. The molecular formula is C21H31N5O2S. The Kier molecular flexibility index (Phi) is 7.08. The minimum atomic E-state index is -0.593. The summed E-state index contributed by atoms with van der Waals surface area (Å²) in [5.74, 6) is 0.365.